The molecule has 2 rings (SSSR count). The van der Waals surface area contributed by atoms with Crippen LogP contribution in [0.2, 0.25) is 5.02 Å². The zero-order chi connectivity index (χ0) is 15.9. The van der Waals surface area contributed by atoms with Crippen molar-refractivity contribution in [3.63, 3.8) is 0 Å². The SMILES string of the molecule is O=C(CCCNC(=O)c1cccs1)Nc1ccc(Br)cc1Cl. The Morgan fingerprint density at radius 3 is 2.77 bits per heavy atom. The molecule has 2 N–H and O–H groups in total. The molecule has 2 aromatic rings. The molecular formula is C15H14BrClN2O2S. The van der Waals surface area contributed by atoms with Gasteiger partial charge in [-0.3, -0.25) is 9.59 Å². The summed E-state index contributed by atoms with van der Waals surface area (Å²) in [5.74, 6) is -0.235. The summed E-state index contributed by atoms with van der Waals surface area (Å²) in [5.41, 5.74) is 0.581. The molecule has 0 bridgehead atoms. The highest BCUT2D eigenvalue weighted by Crippen LogP contribution is 2.25. The van der Waals surface area contributed by atoms with Crippen LogP contribution in [0.5, 0.6) is 0 Å². The first-order chi connectivity index (χ1) is 10.6. The predicted molar refractivity (Wildman–Crippen MR) is 93.7 cm³/mol. The van der Waals surface area contributed by atoms with Gasteiger partial charge in [0.2, 0.25) is 5.91 Å². The third-order valence-electron chi connectivity index (χ3n) is 2.82. The number of hydrogen-bond donors (Lipinski definition) is 2. The zero-order valence-electron chi connectivity index (χ0n) is 11.6. The highest BCUT2D eigenvalue weighted by molar-refractivity contribution is 9.10. The summed E-state index contributed by atoms with van der Waals surface area (Å²) in [4.78, 5) is 24.2. The zero-order valence-corrected chi connectivity index (χ0v) is 14.7. The van der Waals surface area contributed by atoms with Gasteiger partial charge in [-0.05, 0) is 36.1 Å². The fourth-order valence-electron chi connectivity index (χ4n) is 1.75. The molecule has 1 aromatic heterocycles. The standard InChI is InChI=1S/C15H14BrClN2O2S/c16-10-5-6-12(11(17)9-10)19-14(20)4-1-7-18-15(21)13-3-2-8-22-13/h2-3,5-6,8-9H,1,4,7H2,(H,18,21)(H,19,20). The van der Waals surface area contributed by atoms with Gasteiger partial charge in [0, 0.05) is 17.4 Å². The lowest BCUT2D eigenvalue weighted by Crippen LogP contribution is -2.24. The molecule has 1 aromatic carbocycles. The molecule has 7 heteroatoms. The van der Waals surface area contributed by atoms with Gasteiger partial charge in [-0.1, -0.05) is 33.6 Å². The number of halogens is 2. The quantitative estimate of drug-likeness (QED) is 0.709. The average molecular weight is 402 g/mol. The Kier molecular flexibility index (Phi) is 6.42. The van der Waals surface area contributed by atoms with Crippen molar-refractivity contribution in [3.8, 4) is 0 Å². The fourth-order valence-corrected chi connectivity index (χ4v) is 3.11. The number of thiophene rings is 1. The van der Waals surface area contributed by atoms with Crippen molar-refractivity contribution in [2.45, 2.75) is 12.8 Å². The van der Waals surface area contributed by atoms with Crippen LogP contribution in [0.25, 0.3) is 0 Å². The smallest absolute Gasteiger partial charge is 0.261 e. The largest absolute Gasteiger partial charge is 0.351 e. The van der Waals surface area contributed by atoms with E-state index in [-0.39, 0.29) is 11.8 Å². The van der Waals surface area contributed by atoms with Crippen LogP contribution >= 0.6 is 38.9 Å². The van der Waals surface area contributed by atoms with Crippen molar-refractivity contribution in [2.75, 3.05) is 11.9 Å². The van der Waals surface area contributed by atoms with Gasteiger partial charge < -0.3 is 10.6 Å². The van der Waals surface area contributed by atoms with Gasteiger partial charge in [0.15, 0.2) is 0 Å². The van der Waals surface area contributed by atoms with E-state index in [2.05, 4.69) is 26.6 Å². The normalized spacial score (nSPS) is 10.3. The molecule has 0 unspecified atom stereocenters. The van der Waals surface area contributed by atoms with E-state index in [1.807, 2.05) is 17.5 Å². The Bertz CT molecular complexity index is 662. The van der Waals surface area contributed by atoms with Crippen LogP contribution in [0.3, 0.4) is 0 Å². The first-order valence-corrected chi connectivity index (χ1v) is 8.68. The first kappa shape index (κ1) is 17.0. The number of benzene rings is 1. The molecule has 2 amide bonds. The number of carbonyl (C=O) groups excluding carboxylic acids is 2. The van der Waals surface area contributed by atoms with Gasteiger partial charge in [0.1, 0.15) is 0 Å². The Labute approximate surface area is 146 Å². The second-order valence-electron chi connectivity index (χ2n) is 4.51. The number of hydrogen-bond acceptors (Lipinski definition) is 3. The molecule has 4 nitrogen and oxygen atoms in total. The number of nitrogens with one attached hydrogen (secondary N) is 2. The van der Waals surface area contributed by atoms with E-state index in [1.165, 1.54) is 11.3 Å². The van der Waals surface area contributed by atoms with Crippen LogP contribution in [-0.2, 0) is 4.79 Å². The second kappa shape index (κ2) is 8.31. The minimum absolute atomic E-state index is 0.105. The third kappa shape index (κ3) is 5.12. The van der Waals surface area contributed by atoms with Crippen LogP contribution in [-0.4, -0.2) is 18.4 Å². The highest BCUT2D eigenvalue weighted by atomic mass is 79.9. The topological polar surface area (TPSA) is 58.2 Å². The Hall–Kier alpha value is -1.37. The molecule has 1 heterocycles. The molecule has 0 aliphatic carbocycles. The Balaban J connectivity index is 1.71. The fraction of sp³-hybridized carbons (Fsp3) is 0.200. The van der Waals surface area contributed by atoms with Gasteiger partial charge in [-0.25, -0.2) is 0 Å². The average Bonchev–Trinajstić information content (AvgIpc) is 3.01. The maximum atomic E-state index is 11.8. The summed E-state index contributed by atoms with van der Waals surface area (Å²) in [6, 6.07) is 8.86. The maximum Gasteiger partial charge on any atom is 0.261 e. The second-order valence-corrected chi connectivity index (χ2v) is 6.78. The molecule has 116 valence electrons. The summed E-state index contributed by atoms with van der Waals surface area (Å²) >= 11 is 10.7. The van der Waals surface area contributed by atoms with Crippen LogP contribution in [0.15, 0.2) is 40.2 Å². The van der Waals surface area contributed by atoms with Crippen molar-refractivity contribution < 1.29 is 9.59 Å². The lowest BCUT2D eigenvalue weighted by atomic mass is 10.2. The van der Waals surface area contributed by atoms with Crippen molar-refractivity contribution in [2.24, 2.45) is 0 Å². The number of carbonyl (C=O) groups is 2. The summed E-state index contributed by atoms with van der Waals surface area (Å²) in [6.07, 6.45) is 0.883. The summed E-state index contributed by atoms with van der Waals surface area (Å²) in [7, 11) is 0. The lowest BCUT2D eigenvalue weighted by Gasteiger charge is -2.08. The van der Waals surface area contributed by atoms with Gasteiger partial charge in [0.25, 0.3) is 5.91 Å². The Morgan fingerprint density at radius 1 is 1.27 bits per heavy atom. The van der Waals surface area contributed by atoms with E-state index < -0.39 is 0 Å². The molecule has 0 fully saturated rings. The maximum absolute atomic E-state index is 11.8. The van der Waals surface area contributed by atoms with Gasteiger partial charge in [-0.15, -0.1) is 11.3 Å². The van der Waals surface area contributed by atoms with E-state index >= 15 is 0 Å². The first-order valence-electron chi connectivity index (χ1n) is 6.63. The van der Waals surface area contributed by atoms with Crippen molar-refractivity contribution >= 4 is 56.4 Å². The third-order valence-corrected chi connectivity index (χ3v) is 4.49. The monoisotopic (exact) mass is 400 g/mol. The number of rotatable bonds is 6. The number of anilines is 1. The predicted octanol–water partition coefficient (Wildman–Crippen LogP) is 4.31. The molecule has 0 atom stereocenters. The van der Waals surface area contributed by atoms with Crippen molar-refractivity contribution in [3.05, 3.63) is 50.1 Å². The van der Waals surface area contributed by atoms with E-state index in [0.717, 1.165) is 4.47 Å². The molecule has 0 aliphatic rings. The van der Waals surface area contributed by atoms with Crippen LogP contribution in [0.1, 0.15) is 22.5 Å². The minimum atomic E-state index is -0.130. The van der Waals surface area contributed by atoms with Gasteiger partial charge in [0.05, 0.1) is 15.6 Å². The van der Waals surface area contributed by atoms with Crippen molar-refractivity contribution in [1.29, 1.82) is 0 Å². The summed E-state index contributed by atoms with van der Waals surface area (Å²) in [5, 5.41) is 7.86. The van der Waals surface area contributed by atoms with Crippen LogP contribution < -0.4 is 10.6 Å². The minimum Gasteiger partial charge on any atom is -0.351 e. The molecule has 0 aliphatic heterocycles. The molecule has 0 radical (unpaired) electrons. The number of amides is 2. The van der Waals surface area contributed by atoms with E-state index in [0.29, 0.717) is 35.0 Å². The van der Waals surface area contributed by atoms with E-state index in [1.54, 1.807) is 18.2 Å². The Morgan fingerprint density at radius 2 is 2.09 bits per heavy atom. The van der Waals surface area contributed by atoms with Crippen LogP contribution in [0.4, 0.5) is 5.69 Å². The van der Waals surface area contributed by atoms with Crippen molar-refractivity contribution in [1.82, 2.24) is 5.32 Å². The molecule has 0 saturated carbocycles. The van der Waals surface area contributed by atoms with Gasteiger partial charge in [-0.2, -0.15) is 0 Å². The summed E-state index contributed by atoms with van der Waals surface area (Å²) in [6.45, 7) is 0.457. The molecular weight excluding hydrogens is 388 g/mol. The summed E-state index contributed by atoms with van der Waals surface area (Å²) < 4.78 is 0.854. The van der Waals surface area contributed by atoms with Crippen LogP contribution in [0, 0.1) is 0 Å². The van der Waals surface area contributed by atoms with E-state index in [9.17, 15) is 9.59 Å². The lowest BCUT2D eigenvalue weighted by molar-refractivity contribution is -0.116. The highest BCUT2D eigenvalue weighted by Gasteiger charge is 2.08. The molecule has 0 spiro atoms. The van der Waals surface area contributed by atoms with Gasteiger partial charge >= 0.3 is 0 Å². The molecule has 0 saturated heterocycles. The van der Waals surface area contributed by atoms with E-state index in [4.69, 9.17) is 11.6 Å². The molecule has 22 heavy (non-hydrogen) atoms.